The van der Waals surface area contributed by atoms with Gasteiger partial charge in [-0.15, -0.1) is 0 Å². The van der Waals surface area contributed by atoms with E-state index < -0.39 is 0 Å². The molecular formula is C13H20N2OS. The molecule has 0 amide bonds. The fraction of sp³-hybridized carbons (Fsp3) is 0.769. The van der Waals surface area contributed by atoms with E-state index in [9.17, 15) is 0 Å². The minimum Gasteiger partial charge on any atom is -0.372 e. The topological polar surface area (TPSA) is 34.1 Å². The van der Waals surface area contributed by atoms with E-state index >= 15 is 0 Å². The van der Waals surface area contributed by atoms with Crippen LogP contribution in [0, 0.1) is 5.92 Å². The van der Waals surface area contributed by atoms with Crippen molar-refractivity contribution in [2.75, 3.05) is 13.2 Å². The molecule has 1 N–H and O–H groups in total. The van der Waals surface area contributed by atoms with Crippen molar-refractivity contribution in [2.45, 2.75) is 44.2 Å². The lowest BCUT2D eigenvalue weighted by Crippen LogP contribution is -2.53. The highest BCUT2D eigenvalue weighted by molar-refractivity contribution is 7.03. The van der Waals surface area contributed by atoms with E-state index in [1.807, 2.05) is 0 Å². The summed E-state index contributed by atoms with van der Waals surface area (Å²) in [5.74, 6) is 0.849. The Morgan fingerprint density at radius 3 is 3.00 bits per heavy atom. The lowest BCUT2D eigenvalue weighted by Gasteiger charge is -2.47. The molecule has 94 valence electrons. The van der Waals surface area contributed by atoms with Crippen molar-refractivity contribution in [1.82, 2.24) is 9.69 Å². The van der Waals surface area contributed by atoms with Gasteiger partial charge in [0.25, 0.3) is 0 Å². The number of rotatable bonds is 1. The summed E-state index contributed by atoms with van der Waals surface area (Å²) in [7, 11) is 0. The third-order valence-corrected chi connectivity index (χ3v) is 4.81. The van der Waals surface area contributed by atoms with Gasteiger partial charge >= 0.3 is 0 Å². The van der Waals surface area contributed by atoms with Gasteiger partial charge in [0.1, 0.15) is 0 Å². The molecule has 17 heavy (non-hydrogen) atoms. The highest BCUT2D eigenvalue weighted by Crippen LogP contribution is 2.44. The van der Waals surface area contributed by atoms with E-state index in [0.29, 0.717) is 6.04 Å². The second kappa shape index (κ2) is 4.67. The first-order chi connectivity index (χ1) is 8.30. The third kappa shape index (κ3) is 2.14. The molecule has 4 heteroatoms. The second-order valence-electron chi connectivity index (χ2n) is 5.41. The van der Waals surface area contributed by atoms with Crippen LogP contribution in [0.2, 0.25) is 0 Å². The Morgan fingerprint density at radius 1 is 1.47 bits per heavy atom. The quantitative estimate of drug-likeness (QED) is 0.834. The Bertz CT molecular complexity index is 358. The molecule has 1 unspecified atom stereocenters. The number of aromatic nitrogens is 1. The van der Waals surface area contributed by atoms with Crippen LogP contribution in [0.25, 0.3) is 0 Å². The Hall–Kier alpha value is -0.450. The smallest absolute Gasteiger partial charge is 0.0892 e. The standard InChI is InChI=1S/C13H20N2OS/c1-10-2-5-13(6-3-10)12(14-7-8-16-13)11-4-9-17-15-11/h4,9-10,12,14H,2-3,5-8H2,1H3. The zero-order chi connectivity index (χ0) is 11.7. The average molecular weight is 252 g/mol. The van der Waals surface area contributed by atoms with Crippen LogP contribution in [-0.4, -0.2) is 23.1 Å². The van der Waals surface area contributed by atoms with Gasteiger partial charge in [-0.25, -0.2) is 0 Å². The molecule has 3 nitrogen and oxygen atoms in total. The molecule has 2 fully saturated rings. The van der Waals surface area contributed by atoms with Crippen molar-refractivity contribution in [3.63, 3.8) is 0 Å². The van der Waals surface area contributed by atoms with E-state index in [2.05, 4.69) is 28.1 Å². The number of nitrogens with one attached hydrogen (secondary N) is 1. The summed E-state index contributed by atoms with van der Waals surface area (Å²) < 4.78 is 10.7. The first-order valence-corrected chi connectivity index (χ1v) is 7.41. The van der Waals surface area contributed by atoms with Gasteiger partial charge in [-0.1, -0.05) is 6.92 Å². The van der Waals surface area contributed by atoms with Gasteiger partial charge in [0.05, 0.1) is 23.9 Å². The van der Waals surface area contributed by atoms with Crippen LogP contribution >= 0.6 is 11.5 Å². The van der Waals surface area contributed by atoms with Crippen molar-refractivity contribution in [2.24, 2.45) is 5.92 Å². The molecule has 0 bridgehead atoms. The van der Waals surface area contributed by atoms with Gasteiger partial charge in [0.15, 0.2) is 0 Å². The first-order valence-electron chi connectivity index (χ1n) is 6.58. The fourth-order valence-corrected chi connectivity index (χ4v) is 3.70. The highest BCUT2D eigenvalue weighted by Gasteiger charge is 2.45. The Kier molecular flexibility index (Phi) is 3.19. The molecule has 1 aliphatic carbocycles. The van der Waals surface area contributed by atoms with E-state index in [1.54, 1.807) is 0 Å². The Balaban J connectivity index is 1.84. The zero-order valence-electron chi connectivity index (χ0n) is 10.3. The summed E-state index contributed by atoms with van der Waals surface area (Å²) in [6, 6.07) is 2.44. The number of morpholine rings is 1. The molecule has 1 saturated heterocycles. The van der Waals surface area contributed by atoms with Crippen LogP contribution in [0.5, 0.6) is 0 Å². The summed E-state index contributed by atoms with van der Waals surface area (Å²) in [4.78, 5) is 0. The molecule has 1 saturated carbocycles. The molecule has 1 atom stereocenters. The summed E-state index contributed by atoms with van der Waals surface area (Å²) >= 11 is 1.54. The second-order valence-corrected chi connectivity index (χ2v) is 6.07. The molecule has 1 aromatic rings. The van der Waals surface area contributed by atoms with Gasteiger partial charge in [-0.05, 0) is 49.2 Å². The third-order valence-electron chi connectivity index (χ3n) is 4.24. The van der Waals surface area contributed by atoms with Gasteiger partial charge < -0.3 is 10.1 Å². The number of ether oxygens (including phenoxy) is 1. The van der Waals surface area contributed by atoms with Gasteiger partial charge in [0.2, 0.25) is 0 Å². The van der Waals surface area contributed by atoms with Gasteiger partial charge in [-0.3, -0.25) is 0 Å². The van der Waals surface area contributed by atoms with E-state index in [-0.39, 0.29) is 5.60 Å². The molecular weight excluding hydrogens is 232 g/mol. The minimum absolute atomic E-state index is 0.0127. The molecule has 2 aliphatic rings. The molecule has 1 spiro atoms. The lowest BCUT2D eigenvalue weighted by molar-refractivity contribution is -0.125. The van der Waals surface area contributed by atoms with Crippen LogP contribution in [0.15, 0.2) is 11.4 Å². The van der Waals surface area contributed by atoms with E-state index in [0.717, 1.165) is 19.1 Å². The summed E-state index contributed by atoms with van der Waals surface area (Å²) in [6.45, 7) is 4.13. The van der Waals surface area contributed by atoms with Gasteiger partial charge in [-0.2, -0.15) is 4.37 Å². The molecule has 1 aromatic heterocycles. The van der Waals surface area contributed by atoms with Crippen molar-refractivity contribution in [3.8, 4) is 0 Å². The van der Waals surface area contributed by atoms with Crippen LogP contribution < -0.4 is 5.32 Å². The molecule has 3 rings (SSSR count). The maximum atomic E-state index is 6.19. The van der Waals surface area contributed by atoms with Crippen molar-refractivity contribution < 1.29 is 4.74 Å². The van der Waals surface area contributed by atoms with Crippen LogP contribution in [0.4, 0.5) is 0 Å². The highest BCUT2D eigenvalue weighted by atomic mass is 32.1. The van der Waals surface area contributed by atoms with E-state index in [4.69, 9.17) is 4.74 Å². The van der Waals surface area contributed by atoms with Gasteiger partial charge in [0, 0.05) is 11.9 Å². The predicted octanol–water partition coefficient (Wildman–Crippen LogP) is 2.75. The fourth-order valence-electron chi connectivity index (χ4n) is 3.16. The van der Waals surface area contributed by atoms with Crippen molar-refractivity contribution >= 4 is 11.5 Å². The summed E-state index contributed by atoms with van der Waals surface area (Å²) in [5.41, 5.74) is 1.18. The maximum absolute atomic E-state index is 6.19. The molecule has 0 radical (unpaired) electrons. The summed E-state index contributed by atoms with van der Waals surface area (Å²) in [6.07, 6.45) is 4.90. The molecule has 1 aliphatic heterocycles. The predicted molar refractivity (Wildman–Crippen MR) is 69.2 cm³/mol. The first kappa shape index (κ1) is 11.6. The normalized spacial score (nSPS) is 38.4. The lowest BCUT2D eigenvalue weighted by atomic mass is 9.74. The zero-order valence-corrected chi connectivity index (χ0v) is 11.1. The number of hydrogen-bond acceptors (Lipinski definition) is 4. The molecule has 0 aromatic carbocycles. The Morgan fingerprint density at radius 2 is 2.29 bits per heavy atom. The average Bonchev–Trinajstić information content (AvgIpc) is 2.87. The number of nitrogens with zero attached hydrogens (tertiary/aromatic N) is 1. The minimum atomic E-state index is 0.0127. The van der Waals surface area contributed by atoms with Crippen LogP contribution in [0.3, 0.4) is 0 Å². The monoisotopic (exact) mass is 252 g/mol. The molecule has 2 heterocycles. The van der Waals surface area contributed by atoms with E-state index in [1.165, 1.54) is 42.9 Å². The SMILES string of the molecule is CC1CCC2(CC1)OCCNC2c1ccsn1. The Labute approximate surface area is 107 Å². The van der Waals surface area contributed by atoms with Crippen LogP contribution in [-0.2, 0) is 4.74 Å². The maximum Gasteiger partial charge on any atom is 0.0892 e. The number of hydrogen-bond donors (Lipinski definition) is 1. The van der Waals surface area contributed by atoms with Crippen molar-refractivity contribution in [3.05, 3.63) is 17.1 Å². The summed E-state index contributed by atoms with van der Waals surface area (Å²) in [5, 5.41) is 5.68. The largest absolute Gasteiger partial charge is 0.372 e. The van der Waals surface area contributed by atoms with Crippen LogP contribution in [0.1, 0.15) is 44.3 Å². The van der Waals surface area contributed by atoms with Crippen molar-refractivity contribution in [1.29, 1.82) is 0 Å².